The fourth-order valence-corrected chi connectivity index (χ4v) is 3.65. The molecular formula is C22H29NO6S. The summed E-state index contributed by atoms with van der Waals surface area (Å²) in [6.07, 6.45) is 2.71. The van der Waals surface area contributed by atoms with Gasteiger partial charge < -0.3 is 19.1 Å². The Hall–Kier alpha value is -2.74. The van der Waals surface area contributed by atoms with Gasteiger partial charge in [-0.25, -0.2) is 8.42 Å². The van der Waals surface area contributed by atoms with E-state index in [0.717, 1.165) is 11.8 Å². The van der Waals surface area contributed by atoms with Crippen molar-refractivity contribution in [3.63, 3.8) is 0 Å². The molecule has 0 spiro atoms. The molecule has 0 heterocycles. The van der Waals surface area contributed by atoms with E-state index in [1.165, 1.54) is 12.1 Å². The maximum Gasteiger partial charge on any atom is 0.222 e. The Kier molecular flexibility index (Phi) is 8.53. The SMILES string of the molecule is COc1cccc(CCC(=O)N(C)CCCOc2cccc(S(C)(=O)=O)c2)c1OC. The highest BCUT2D eigenvalue weighted by atomic mass is 32.2. The van der Waals surface area contributed by atoms with Crippen LogP contribution in [0.25, 0.3) is 0 Å². The third-order valence-corrected chi connectivity index (χ3v) is 5.77. The van der Waals surface area contributed by atoms with Crippen molar-refractivity contribution in [1.29, 1.82) is 0 Å². The molecule has 0 aliphatic carbocycles. The van der Waals surface area contributed by atoms with E-state index in [4.69, 9.17) is 14.2 Å². The number of carbonyl (C=O) groups is 1. The number of sulfone groups is 1. The molecule has 7 nitrogen and oxygen atoms in total. The third-order valence-electron chi connectivity index (χ3n) is 4.66. The molecule has 0 bridgehead atoms. The van der Waals surface area contributed by atoms with Gasteiger partial charge in [0.2, 0.25) is 5.91 Å². The average molecular weight is 436 g/mol. The lowest BCUT2D eigenvalue weighted by Crippen LogP contribution is -2.28. The van der Waals surface area contributed by atoms with Crippen molar-refractivity contribution in [2.75, 3.05) is 40.7 Å². The number of hydrogen-bond donors (Lipinski definition) is 0. The van der Waals surface area contributed by atoms with E-state index in [-0.39, 0.29) is 10.8 Å². The van der Waals surface area contributed by atoms with Crippen LogP contribution in [0, 0.1) is 0 Å². The number of ether oxygens (including phenoxy) is 3. The van der Waals surface area contributed by atoms with Crippen LogP contribution in [0.3, 0.4) is 0 Å². The molecule has 0 radical (unpaired) electrons. The van der Waals surface area contributed by atoms with Gasteiger partial charge in [0.1, 0.15) is 5.75 Å². The predicted octanol–water partition coefficient (Wildman–Crippen LogP) is 2.97. The number of benzene rings is 2. The fraction of sp³-hybridized carbons (Fsp3) is 0.409. The maximum atomic E-state index is 12.4. The predicted molar refractivity (Wildman–Crippen MR) is 115 cm³/mol. The van der Waals surface area contributed by atoms with Gasteiger partial charge in [0.25, 0.3) is 0 Å². The number of nitrogens with zero attached hydrogens (tertiary/aromatic N) is 1. The van der Waals surface area contributed by atoms with Crippen LogP contribution in [0.5, 0.6) is 17.2 Å². The molecule has 0 aliphatic rings. The van der Waals surface area contributed by atoms with Gasteiger partial charge >= 0.3 is 0 Å². The first kappa shape index (κ1) is 23.5. The molecule has 0 saturated carbocycles. The molecule has 0 aliphatic heterocycles. The number of hydrogen-bond acceptors (Lipinski definition) is 6. The molecule has 0 aromatic heterocycles. The molecular weight excluding hydrogens is 406 g/mol. The van der Waals surface area contributed by atoms with E-state index < -0.39 is 9.84 Å². The van der Waals surface area contributed by atoms with E-state index in [2.05, 4.69) is 0 Å². The Labute approximate surface area is 178 Å². The Morgan fingerprint density at radius 2 is 1.80 bits per heavy atom. The zero-order chi connectivity index (χ0) is 22.1. The highest BCUT2D eigenvalue weighted by molar-refractivity contribution is 7.90. The summed E-state index contributed by atoms with van der Waals surface area (Å²) < 4.78 is 39.5. The van der Waals surface area contributed by atoms with Gasteiger partial charge in [-0.15, -0.1) is 0 Å². The Balaban J connectivity index is 1.79. The first-order chi connectivity index (χ1) is 14.3. The second-order valence-electron chi connectivity index (χ2n) is 6.92. The average Bonchev–Trinajstić information content (AvgIpc) is 2.73. The van der Waals surface area contributed by atoms with Gasteiger partial charge in [0.05, 0.1) is 25.7 Å². The molecule has 30 heavy (non-hydrogen) atoms. The van der Waals surface area contributed by atoms with Crippen LogP contribution in [-0.2, 0) is 21.1 Å². The van der Waals surface area contributed by atoms with Crippen molar-refractivity contribution in [2.24, 2.45) is 0 Å². The highest BCUT2D eigenvalue weighted by Gasteiger charge is 2.14. The van der Waals surface area contributed by atoms with Gasteiger partial charge in [-0.05, 0) is 42.7 Å². The summed E-state index contributed by atoms with van der Waals surface area (Å²) >= 11 is 0. The van der Waals surface area contributed by atoms with Crippen LogP contribution in [0.15, 0.2) is 47.4 Å². The number of methoxy groups -OCH3 is 2. The number of amides is 1. The Bertz CT molecular complexity index is 958. The van der Waals surface area contributed by atoms with E-state index in [1.807, 2.05) is 18.2 Å². The van der Waals surface area contributed by atoms with E-state index in [0.29, 0.717) is 49.7 Å². The minimum Gasteiger partial charge on any atom is -0.493 e. The summed E-state index contributed by atoms with van der Waals surface area (Å²) in [5, 5.41) is 0. The molecule has 164 valence electrons. The zero-order valence-corrected chi connectivity index (χ0v) is 18.7. The standard InChI is InChI=1S/C22H29NO6S/c1-23(14-7-15-29-18-9-6-10-19(16-18)30(4,25)26)21(24)13-12-17-8-5-11-20(27-2)22(17)28-3/h5-6,8-11,16H,7,12-15H2,1-4H3. The van der Waals surface area contributed by atoms with Crippen molar-refractivity contribution in [2.45, 2.75) is 24.2 Å². The zero-order valence-electron chi connectivity index (χ0n) is 17.9. The van der Waals surface area contributed by atoms with Crippen LogP contribution in [-0.4, -0.2) is 59.9 Å². The van der Waals surface area contributed by atoms with Crippen LogP contribution >= 0.6 is 0 Å². The lowest BCUT2D eigenvalue weighted by atomic mass is 10.1. The van der Waals surface area contributed by atoms with Crippen LogP contribution in [0.2, 0.25) is 0 Å². The molecule has 0 fully saturated rings. The molecule has 0 N–H and O–H groups in total. The van der Waals surface area contributed by atoms with Crippen LogP contribution in [0.4, 0.5) is 0 Å². The van der Waals surface area contributed by atoms with Gasteiger partial charge in [0, 0.05) is 26.3 Å². The molecule has 2 aromatic carbocycles. The first-order valence-electron chi connectivity index (χ1n) is 9.63. The van der Waals surface area contributed by atoms with Crippen LogP contribution in [0.1, 0.15) is 18.4 Å². The van der Waals surface area contributed by atoms with Gasteiger partial charge in [-0.1, -0.05) is 18.2 Å². The summed E-state index contributed by atoms with van der Waals surface area (Å²) in [5.74, 6) is 1.82. The summed E-state index contributed by atoms with van der Waals surface area (Å²) in [7, 11) is 1.66. The minimum absolute atomic E-state index is 0.0268. The molecule has 0 saturated heterocycles. The Morgan fingerprint density at radius 3 is 2.47 bits per heavy atom. The third kappa shape index (κ3) is 6.66. The first-order valence-corrected chi connectivity index (χ1v) is 11.5. The van der Waals surface area contributed by atoms with Crippen molar-refractivity contribution in [3.8, 4) is 17.2 Å². The minimum atomic E-state index is -3.27. The lowest BCUT2D eigenvalue weighted by molar-refractivity contribution is -0.129. The molecule has 2 aromatic rings. The number of aryl methyl sites for hydroxylation is 1. The summed E-state index contributed by atoms with van der Waals surface area (Å²) in [6.45, 7) is 0.925. The highest BCUT2D eigenvalue weighted by Crippen LogP contribution is 2.31. The molecule has 0 atom stereocenters. The van der Waals surface area contributed by atoms with E-state index in [9.17, 15) is 13.2 Å². The monoisotopic (exact) mass is 435 g/mol. The number of carbonyl (C=O) groups excluding carboxylic acids is 1. The lowest BCUT2D eigenvalue weighted by Gasteiger charge is -2.18. The van der Waals surface area contributed by atoms with E-state index in [1.54, 1.807) is 38.3 Å². The summed E-state index contributed by atoms with van der Waals surface area (Å²) in [6, 6.07) is 12.0. The van der Waals surface area contributed by atoms with Crippen molar-refractivity contribution < 1.29 is 27.4 Å². The largest absolute Gasteiger partial charge is 0.493 e. The fourth-order valence-electron chi connectivity index (χ4n) is 2.99. The molecule has 1 amide bonds. The van der Waals surface area contributed by atoms with Gasteiger partial charge in [-0.2, -0.15) is 0 Å². The van der Waals surface area contributed by atoms with Crippen molar-refractivity contribution in [3.05, 3.63) is 48.0 Å². The summed E-state index contributed by atoms with van der Waals surface area (Å²) in [4.78, 5) is 14.3. The smallest absolute Gasteiger partial charge is 0.222 e. The maximum absolute atomic E-state index is 12.4. The Morgan fingerprint density at radius 1 is 1.07 bits per heavy atom. The van der Waals surface area contributed by atoms with Crippen molar-refractivity contribution in [1.82, 2.24) is 4.90 Å². The quantitative estimate of drug-likeness (QED) is 0.505. The van der Waals surface area contributed by atoms with Gasteiger partial charge in [-0.3, -0.25) is 4.79 Å². The normalized spacial score (nSPS) is 11.1. The van der Waals surface area contributed by atoms with E-state index >= 15 is 0 Å². The molecule has 0 unspecified atom stereocenters. The van der Waals surface area contributed by atoms with Crippen LogP contribution < -0.4 is 14.2 Å². The topological polar surface area (TPSA) is 82.1 Å². The molecule has 8 heteroatoms. The van der Waals surface area contributed by atoms with Crippen molar-refractivity contribution >= 4 is 15.7 Å². The summed E-state index contributed by atoms with van der Waals surface area (Å²) in [5.41, 5.74) is 0.924. The van der Waals surface area contributed by atoms with Gasteiger partial charge in [0.15, 0.2) is 21.3 Å². The number of para-hydroxylation sites is 1. The number of rotatable bonds is 11. The second-order valence-corrected chi connectivity index (χ2v) is 8.93. The molecule has 2 rings (SSSR count). The second kappa shape index (κ2) is 10.9.